The monoisotopic (exact) mass is 204 g/mol. The van der Waals surface area contributed by atoms with Gasteiger partial charge in [-0.2, -0.15) is 8.78 Å². The lowest BCUT2D eigenvalue weighted by atomic mass is 10.7. The highest BCUT2D eigenvalue weighted by molar-refractivity contribution is 6.21. The van der Waals surface area contributed by atoms with Gasteiger partial charge in [-0.05, 0) is 11.6 Å². The number of hydrogen-bond donors (Lipinski definition) is 0. The first kappa shape index (κ1) is 12.9. The van der Waals surface area contributed by atoms with E-state index < -0.39 is 17.9 Å². The van der Waals surface area contributed by atoms with Crippen molar-refractivity contribution < 1.29 is 22.0 Å². The molecule has 0 N–H and O–H groups in total. The molecule has 7 heteroatoms. The largest absolute Gasteiger partial charge is 0.381 e. The fourth-order valence-electron chi connectivity index (χ4n) is 0. The lowest BCUT2D eigenvalue weighted by molar-refractivity contribution is -0.0629. The van der Waals surface area contributed by atoms with Gasteiger partial charge in [0.15, 0.2) is 6.13 Å². The standard InChI is InChI=1S/C2HClF4.CH2ClF/c3-2(6,7)1(4)5;2-1-3/h1H;1H2. The highest BCUT2D eigenvalue weighted by atomic mass is 35.5. The molecule has 10 heavy (non-hydrogen) atoms. The van der Waals surface area contributed by atoms with Crippen LogP contribution in [0.5, 0.6) is 0 Å². The molecule has 64 valence electrons. The first-order valence-corrected chi connectivity index (χ1v) is 2.74. The molecule has 0 fully saturated rings. The Morgan fingerprint density at radius 1 is 1.30 bits per heavy atom. The van der Waals surface area contributed by atoms with E-state index in [-0.39, 0.29) is 0 Å². The smallest absolute Gasteiger partial charge is 0.234 e. The molecule has 0 aliphatic heterocycles. The molecule has 0 aromatic heterocycles. The molecular weight excluding hydrogens is 202 g/mol. The zero-order chi connectivity index (χ0) is 8.78. The second-order valence-corrected chi connectivity index (χ2v) is 1.65. The van der Waals surface area contributed by atoms with Gasteiger partial charge in [-0.15, -0.1) is 0 Å². The van der Waals surface area contributed by atoms with Gasteiger partial charge >= 0.3 is 11.8 Å². The fourth-order valence-corrected chi connectivity index (χ4v) is 0. The maximum atomic E-state index is 10.9. The third-order valence-electron chi connectivity index (χ3n) is 0.247. The van der Waals surface area contributed by atoms with Crippen LogP contribution < -0.4 is 0 Å². The van der Waals surface area contributed by atoms with Gasteiger partial charge in [0.05, 0.1) is 0 Å². The van der Waals surface area contributed by atoms with Crippen molar-refractivity contribution in [3.05, 3.63) is 0 Å². The van der Waals surface area contributed by atoms with Crippen molar-refractivity contribution in [2.45, 2.75) is 11.8 Å². The number of halogens is 7. The SMILES string of the molecule is FC(F)C(F)(F)Cl.FCCl. The van der Waals surface area contributed by atoms with Crippen LogP contribution in [0.3, 0.4) is 0 Å². The van der Waals surface area contributed by atoms with Crippen LogP contribution in [0.1, 0.15) is 0 Å². The molecule has 0 aromatic carbocycles. The zero-order valence-electron chi connectivity index (χ0n) is 4.43. The van der Waals surface area contributed by atoms with E-state index in [2.05, 4.69) is 23.2 Å². The topological polar surface area (TPSA) is 0 Å². The summed E-state index contributed by atoms with van der Waals surface area (Å²) in [5.74, 6) is 0. The Hall–Kier alpha value is 0.230. The highest BCUT2D eigenvalue weighted by Gasteiger charge is 2.37. The van der Waals surface area contributed by atoms with Gasteiger partial charge in [-0.25, -0.2) is 13.2 Å². The van der Waals surface area contributed by atoms with E-state index in [1.54, 1.807) is 0 Å². The van der Waals surface area contributed by atoms with Gasteiger partial charge in [0, 0.05) is 0 Å². The van der Waals surface area contributed by atoms with Crippen LogP contribution in [0.2, 0.25) is 0 Å². The summed E-state index contributed by atoms with van der Waals surface area (Å²) in [4.78, 5) is 0. The molecule has 0 saturated heterocycles. The Kier molecular flexibility index (Phi) is 7.69. The lowest BCUT2D eigenvalue weighted by Crippen LogP contribution is -2.17. The van der Waals surface area contributed by atoms with Gasteiger partial charge in [0.2, 0.25) is 0 Å². The molecule has 0 unspecified atom stereocenters. The van der Waals surface area contributed by atoms with Crippen molar-refractivity contribution in [1.29, 1.82) is 0 Å². The van der Waals surface area contributed by atoms with Crippen molar-refractivity contribution in [3.63, 3.8) is 0 Å². The summed E-state index contributed by atoms with van der Waals surface area (Å²) in [6.07, 6.45) is -4.55. The Labute approximate surface area is 63.9 Å². The summed E-state index contributed by atoms with van der Waals surface area (Å²) < 4.78 is 53.1. The molecule has 0 spiro atoms. The second-order valence-electron chi connectivity index (χ2n) is 0.943. The van der Waals surface area contributed by atoms with E-state index in [1.165, 1.54) is 0 Å². The van der Waals surface area contributed by atoms with E-state index in [1.807, 2.05) is 0 Å². The molecule has 0 amide bonds. The molecule has 0 rings (SSSR count). The minimum atomic E-state index is -4.36. The highest BCUT2D eigenvalue weighted by Crippen LogP contribution is 2.26. The van der Waals surface area contributed by atoms with Gasteiger partial charge in [0.25, 0.3) is 0 Å². The van der Waals surface area contributed by atoms with Crippen LogP contribution in [0.4, 0.5) is 22.0 Å². The summed E-state index contributed by atoms with van der Waals surface area (Å²) >= 11 is 8.12. The molecule has 0 aromatic rings. The molecular formula is C3H3Cl2F5. The number of hydrogen-bond acceptors (Lipinski definition) is 0. The van der Waals surface area contributed by atoms with Crippen LogP contribution in [-0.4, -0.2) is 17.9 Å². The van der Waals surface area contributed by atoms with Crippen molar-refractivity contribution in [2.24, 2.45) is 0 Å². The third kappa shape index (κ3) is 11.1. The Morgan fingerprint density at radius 3 is 1.40 bits per heavy atom. The third-order valence-corrected chi connectivity index (χ3v) is 0.412. The minimum absolute atomic E-state index is 0.778. The van der Waals surface area contributed by atoms with Crippen LogP contribution in [-0.2, 0) is 0 Å². The predicted octanol–water partition coefficient (Wildman–Crippen LogP) is 3.24. The number of rotatable bonds is 1. The quantitative estimate of drug-likeness (QED) is 0.455. The van der Waals surface area contributed by atoms with E-state index >= 15 is 0 Å². The molecule has 0 nitrogen and oxygen atoms in total. The predicted molar refractivity (Wildman–Crippen MR) is 28.6 cm³/mol. The van der Waals surface area contributed by atoms with Crippen molar-refractivity contribution in [2.75, 3.05) is 6.13 Å². The summed E-state index contributed by atoms with van der Waals surface area (Å²) in [5, 5.41) is -4.36. The van der Waals surface area contributed by atoms with E-state index in [9.17, 15) is 22.0 Å². The molecule has 0 bridgehead atoms. The summed E-state index contributed by atoms with van der Waals surface area (Å²) in [6, 6.07) is 0. The van der Waals surface area contributed by atoms with Gasteiger partial charge in [-0.1, -0.05) is 11.6 Å². The second kappa shape index (κ2) is 5.97. The maximum Gasteiger partial charge on any atom is 0.381 e. The Morgan fingerprint density at radius 2 is 1.40 bits per heavy atom. The van der Waals surface area contributed by atoms with Gasteiger partial charge in [-0.3, -0.25) is 0 Å². The van der Waals surface area contributed by atoms with Crippen molar-refractivity contribution in [3.8, 4) is 0 Å². The van der Waals surface area contributed by atoms with Crippen LogP contribution >= 0.6 is 23.2 Å². The summed E-state index contributed by atoms with van der Waals surface area (Å²) in [5.41, 5.74) is 0. The Balaban J connectivity index is 0. The Bertz CT molecular complexity index is 69.8. The number of alkyl halides is 7. The van der Waals surface area contributed by atoms with Gasteiger partial charge in [0.1, 0.15) is 0 Å². The average molecular weight is 205 g/mol. The van der Waals surface area contributed by atoms with Crippen LogP contribution in [0.25, 0.3) is 0 Å². The van der Waals surface area contributed by atoms with Crippen LogP contribution in [0, 0.1) is 0 Å². The molecule has 0 aliphatic rings. The lowest BCUT2D eigenvalue weighted by Gasteiger charge is -2.02. The van der Waals surface area contributed by atoms with Gasteiger partial charge < -0.3 is 0 Å². The minimum Gasteiger partial charge on any atom is -0.234 e. The normalized spacial score (nSPS) is 10.8. The molecule has 0 heterocycles. The zero-order valence-corrected chi connectivity index (χ0v) is 5.94. The van der Waals surface area contributed by atoms with Crippen molar-refractivity contribution in [1.82, 2.24) is 0 Å². The first-order chi connectivity index (χ1) is 4.36. The average Bonchev–Trinajstić information content (AvgIpc) is 1.64. The van der Waals surface area contributed by atoms with Crippen LogP contribution in [0.15, 0.2) is 0 Å². The molecule has 0 radical (unpaired) electrons. The molecule has 0 aliphatic carbocycles. The summed E-state index contributed by atoms with van der Waals surface area (Å²) in [6.45, 7) is 0. The van der Waals surface area contributed by atoms with Crippen molar-refractivity contribution >= 4 is 23.2 Å². The molecule has 0 saturated carbocycles. The van der Waals surface area contributed by atoms with E-state index in [4.69, 9.17) is 0 Å². The fraction of sp³-hybridized carbons (Fsp3) is 1.00. The first-order valence-electron chi connectivity index (χ1n) is 1.83. The molecule has 0 atom stereocenters. The van der Waals surface area contributed by atoms with E-state index in [0.29, 0.717) is 0 Å². The maximum absolute atomic E-state index is 10.9. The van der Waals surface area contributed by atoms with E-state index in [0.717, 1.165) is 0 Å². The summed E-state index contributed by atoms with van der Waals surface area (Å²) in [7, 11) is 0.